The average molecular weight is 511 g/mol. The van der Waals surface area contributed by atoms with E-state index in [0.29, 0.717) is 0 Å². The molecule has 2 N–H and O–H groups in total. The van der Waals surface area contributed by atoms with Crippen LogP contribution in [0.1, 0.15) is 22.3 Å². The van der Waals surface area contributed by atoms with Crippen molar-refractivity contribution in [2.24, 2.45) is 0 Å². The topological polar surface area (TPSA) is 77.4 Å². The second-order valence-corrected chi connectivity index (χ2v) is 9.61. The van der Waals surface area contributed by atoms with Gasteiger partial charge in [0.05, 0.1) is 13.2 Å². The minimum Gasteiger partial charge on any atom is -0.387 e. The molecule has 4 atom stereocenters. The Balaban J connectivity index is 1.25. The Morgan fingerprint density at radius 2 is 0.737 bits per heavy atom. The van der Waals surface area contributed by atoms with Gasteiger partial charge in [0.25, 0.3) is 0 Å². The van der Waals surface area contributed by atoms with Gasteiger partial charge in [-0.25, -0.2) is 0 Å². The standard InChI is InChI=1S/C32H30O6/c33-29(27-21-35-31(37-27,23-13-5-1-6-14-23)24-15-7-2-8-16-24)30(34)28-22-36-32(38-28,25-17-9-3-10-18-25)26-19-11-4-12-20-26/h1-20,27-30,33-34H,21-22H2/t27-,28-,29-,30-/m1/s1. The third-order valence-electron chi connectivity index (χ3n) is 7.26. The van der Waals surface area contributed by atoms with E-state index in [-0.39, 0.29) is 13.2 Å². The van der Waals surface area contributed by atoms with Gasteiger partial charge < -0.3 is 29.2 Å². The first kappa shape index (κ1) is 24.9. The van der Waals surface area contributed by atoms with E-state index in [1.807, 2.05) is 121 Å². The van der Waals surface area contributed by atoms with Gasteiger partial charge in [0.2, 0.25) is 11.6 Å². The molecule has 38 heavy (non-hydrogen) atoms. The SMILES string of the molecule is O[C@@H]([C@H](O)[C@H]1COC(c2ccccc2)(c2ccccc2)O1)[C@H]1COC(c2ccccc2)(c2ccccc2)O1. The highest BCUT2D eigenvalue weighted by Gasteiger charge is 2.52. The van der Waals surface area contributed by atoms with Gasteiger partial charge in [-0.15, -0.1) is 0 Å². The molecule has 2 saturated heterocycles. The molecule has 0 aliphatic carbocycles. The first-order valence-electron chi connectivity index (χ1n) is 12.8. The van der Waals surface area contributed by atoms with Gasteiger partial charge in [0.1, 0.15) is 24.4 Å². The molecule has 0 radical (unpaired) electrons. The molecule has 2 fully saturated rings. The second-order valence-electron chi connectivity index (χ2n) is 9.61. The van der Waals surface area contributed by atoms with Crippen LogP contribution in [0.15, 0.2) is 121 Å². The number of hydrogen-bond donors (Lipinski definition) is 2. The second kappa shape index (κ2) is 10.4. The van der Waals surface area contributed by atoms with Crippen molar-refractivity contribution in [2.75, 3.05) is 13.2 Å². The van der Waals surface area contributed by atoms with Crippen molar-refractivity contribution in [1.82, 2.24) is 0 Å². The van der Waals surface area contributed by atoms with Crippen LogP contribution < -0.4 is 0 Å². The summed E-state index contributed by atoms with van der Waals surface area (Å²) in [5.74, 6) is -2.39. The number of aliphatic hydroxyl groups excluding tert-OH is 2. The molecule has 2 aliphatic heterocycles. The Kier molecular flexibility index (Phi) is 6.84. The summed E-state index contributed by atoms with van der Waals surface area (Å²) in [7, 11) is 0. The van der Waals surface area contributed by atoms with Gasteiger partial charge in [0.15, 0.2) is 0 Å². The van der Waals surface area contributed by atoms with E-state index in [2.05, 4.69) is 0 Å². The number of aliphatic hydroxyl groups is 2. The smallest absolute Gasteiger partial charge is 0.222 e. The maximum Gasteiger partial charge on any atom is 0.222 e. The van der Waals surface area contributed by atoms with Gasteiger partial charge in [0, 0.05) is 22.3 Å². The van der Waals surface area contributed by atoms with E-state index in [1.54, 1.807) is 0 Å². The molecule has 6 nitrogen and oxygen atoms in total. The highest BCUT2D eigenvalue weighted by atomic mass is 16.8. The molecular formula is C32H30O6. The molecule has 0 amide bonds. The third kappa shape index (κ3) is 4.35. The predicted molar refractivity (Wildman–Crippen MR) is 141 cm³/mol. The molecule has 0 unspecified atom stereocenters. The minimum atomic E-state index is -1.28. The van der Waals surface area contributed by atoms with Crippen LogP contribution in [0, 0.1) is 0 Å². The first-order valence-corrected chi connectivity index (χ1v) is 12.8. The van der Waals surface area contributed by atoms with Gasteiger partial charge in [-0.2, -0.15) is 0 Å². The van der Waals surface area contributed by atoms with Crippen molar-refractivity contribution in [3.05, 3.63) is 144 Å². The van der Waals surface area contributed by atoms with Crippen molar-refractivity contribution < 1.29 is 29.2 Å². The summed E-state index contributed by atoms with van der Waals surface area (Å²) < 4.78 is 25.5. The quantitative estimate of drug-likeness (QED) is 0.385. The lowest BCUT2D eigenvalue weighted by Gasteiger charge is -2.32. The highest BCUT2D eigenvalue weighted by molar-refractivity contribution is 5.36. The lowest BCUT2D eigenvalue weighted by atomic mass is 9.97. The summed E-state index contributed by atoms with van der Waals surface area (Å²) >= 11 is 0. The molecular weight excluding hydrogens is 480 g/mol. The van der Waals surface area contributed by atoms with Crippen LogP contribution in [0.2, 0.25) is 0 Å². The molecule has 6 heteroatoms. The number of benzene rings is 4. The Bertz CT molecular complexity index is 1130. The summed E-state index contributed by atoms with van der Waals surface area (Å²) in [4.78, 5) is 0. The molecule has 2 heterocycles. The third-order valence-corrected chi connectivity index (χ3v) is 7.26. The molecule has 4 aromatic carbocycles. The summed E-state index contributed by atoms with van der Waals surface area (Å²) in [5.41, 5.74) is 3.23. The number of ether oxygens (including phenoxy) is 4. The summed E-state index contributed by atoms with van der Waals surface area (Å²) in [6, 6.07) is 38.5. The Labute approximate surface area is 222 Å². The average Bonchev–Trinajstić information content (AvgIpc) is 3.66. The molecule has 0 saturated carbocycles. The van der Waals surface area contributed by atoms with E-state index < -0.39 is 36.0 Å². The van der Waals surface area contributed by atoms with E-state index in [0.717, 1.165) is 22.3 Å². The van der Waals surface area contributed by atoms with Gasteiger partial charge in [-0.05, 0) is 0 Å². The van der Waals surface area contributed by atoms with Crippen molar-refractivity contribution in [2.45, 2.75) is 36.0 Å². The van der Waals surface area contributed by atoms with Gasteiger partial charge >= 0.3 is 0 Å². The van der Waals surface area contributed by atoms with Crippen LogP contribution in [-0.4, -0.2) is 47.8 Å². The largest absolute Gasteiger partial charge is 0.387 e. The predicted octanol–water partition coefficient (Wildman–Crippen LogP) is 4.34. The molecule has 194 valence electrons. The van der Waals surface area contributed by atoms with Crippen LogP contribution in [0.4, 0.5) is 0 Å². The van der Waals surface area contributed by atoms with E-state index in [9.17, 15) is 10.2 Å². The summed E-state index contributed by atoms with van der Waals surface area (Å²) in [5, 5.41) is 22.6. The monoisotopic (exact) mass is 510 g/mol. The van der Waals surface area contributed by atoms with Crippen LogP contribution in [0.5, 0.6) is 0 Å². The normalized spacial score (nSPS) is 23.6. The molecule has 0 aromatic heterocycles. The summed E-state index contributed by atoms with van der Waals surface area (Å²) in [6.07, 6.45) is -4.14. The highest BCUT2D eigenvalue weighted by Crippen LogP contribution is 2.44. The van der Waals surface area contributed by atoms with Crippen molar-refractivity contribution in [3.8, 4) is 0 Å². The minimum absolute atomic E-state index is 0.0953. The summed E-state index contributed by atoms with van der Waals surface area (Å²) in [6.45, 7) is 0.191. The lowest BCUT2D eigenvalue weighted by molar-refractivity contribution is -0.187. The van der Waals surface area contributed by atoms with Crippen LogP contribution in [0.3, 0.4) is 0 Å². The zero-order valence-electron chi connectivity index (χ0n) is 20.8. The number of rotatable bonds is 7. The zero-order chi connectivity index (χ0) is 26.0. The van der Waals surface area contributed by atoms with Gasteiger partial charge in [-0.3, -0.25) is 0 Å². The fourth-order valence-corrected chi connectivity index (χ4v) is 5.31. The van der Waals surface area contributed by atoms with Crippen molar-refractivity contribution in [3.63, 3.8) is 0 Å². The molecule has 0 bridgehead atoms. The molecule has 6 rings (SSSR count). The fourth-order valence-electron chi connectivity index (χ4n) is 5.31. The van der Waals surface area contributed by atoms with Crippen molar-refractivity contribution in [1.29, 1.82) is 0 Å². The van der Waals surface area contributed by atoms with Crippen LogP contribution in [-0.2, 0) is 30.5 Å². The van der Waals surface area contributed by atoms with Crippen LogP contribution in [0.25, 0.3) is 0 Å². The zero-order valence-corrected chi connectivity index (χ0v) is 20.8. The number of hydrogen-bond acceptors (Lipinski definition) is 6. The van der Waals surface area contributed by atoms with E-state index in [1.165, 1.54) is 0 Å². The first-order chi connectivity index (χ1) is 18.6. The Hall–Kier alpha value is -3.36. The van der Waals surface area contributed by atoms with Crippen molar-refractivity contribution >= 4 is 0 Å². The Morgan fingerprint density at radius 1 is 0.474 bits per heavy atom. The van der Waals surface area contributed by atoms with Crippen LogP contribution >= 0.6 is 0 Å². The molecule has 2 aliphatic rings. The van der Waals surface area contributed by atoms with Gasteiger partial charge in [-0.1, -0.05) is 121 Å². The maximum absolute atomic E-state index is 11.3. The molecule has 0 spiro atoms. The lowest BCUT2D eigenvalue weighted by Crippen LogP contribution is -2.47. The molecule has 4 aromatic rings. The Morgan fingerprint density at radius 3 is 1.00 bits per heavy atom. The fraction of sp³-hybridized carbons (Fsp3) is 0.250. The maximum atomic E-state index is 11.3. The van der Waals surface area contributed by atoms with E-state index >= 15 is 0 Å². The van der Waals surface area contributed by atoms with E-state index in [4.69, 9.17) is 18.9 Å².